The van der Waals surface area contributed by atoms with Crippen LogP contribution in [-0.2, 0) is 16.0 Å². The molecule has 1 aliphatic carbocycles. The first-order valence-electron chi connectivity index (χ1n) is 7.93. The van der Waals surface area contributed by atoms with Gasteiger partial charge < -0.3 is 15.0 Å². The van der Waals surface area contributed by atoms with Crippen molar-refractivity contribution < 1.29 is 14.7 Å². The first kappa shape index (κ1) is 15.5. The fraction of sp³-hybridized carbons (Fsp3) is 0.471. The Morgan fingerprint density at radius 1 is 1.35 bits per heavy atom. The molecular formula is C17H21N3O3. The number of aromatic nitrogens is 2. The fourth-order valence-corrected chi connectivity index (χ4v) is 2.97. The Balaban J connectivity index is 1.71. The lowest BCUT2D eigenvalue weighted by Gasteiger charge is -2.14. The minimum absolute atomic E-state index is 0.266. The number of carboxylic acids is 1. The van der Waals surface area contributed by atoms with Crippen molar-refractivity contribution >= 4 is 22.9 Å². The second-order valence-electron chi connectivity index (χ2n) is 6.37. The molecule has 0 unspecified atom stereocenters. The quantitative estimate of drug-likeness (QED) is 0.800. The van der Waals surface area contributed by atoms with Gasteiger partial charge in [-0.25, -0.2) is 4.98 Å². The number of nitrogens with one attached hydrogen (secondary N) is 1. The van der Waals surface area contributed by atoms with Crippen LogP contribution in [0.3, 0.4) is 0 Å². The summed E-state index contributed by atoms with van der Waals surface area (Å²) < 4.78 is 2.16. The number of nitrogens with zero attached hydrogens (tertiary/aromatic N) is 2. The van der Waals surface area contributed by atoms with Crippen molar-refractivity contribution in [3.63, 3.8) is 0 Å². The van der Waals surface area contributed by atoms with Gasteiger partial charge in [-0.1, -0.05) is 12.1 Å². The van der Waals surface area contributed by atoms with E-state index < -0.39 is 11.4 Å². The highest BCUT2D eigenvalue weighted by Crippen LogP contribution is 2.46. The van der Waals surface area contributed by atoms with E-state index in [0.717, 1.165) is 16.9 Å². The Hall–Kier alpha value is -2.37. The first-order chi connectivity index (χ1) is 11.0. The van der Waals surface area contributed by atoms with Crippen LogP contribution in [0.5, 0.6) is 0 Å². The minimum atomic E-state index is -1.18. The van der Waals surface area contributed by atoms with Gasteiger partial charge in [-0.15, -0.1) is 0 Å². The van der Waals surface area contributed by atoms with Crippen molar-refractivity contribution in [3.8, 4) is 0 Å². The highest BCUT2D eigenvalue weighted by atomic mass is 16.4. The second kappa shape index (κ2) is 5.68. The van der Waals surface area contributed by atoms with Crippen LogP contribution in [0.15, 0.2) is 24.3 Å². The molecule has 1 aromatic carbocycles. The van der Waals surface area contributed by atoms with Gasteiger partial charge in [0.25, 0.3) is 0 Å². The van der Waals surface area contributed by atoms with Crippen LogP contribution in [0.4, 0.5) is 0 Å². The Morgan fingerprint density at radius 2 is 2.04 bits per heavy atom. The monoisotopic (exact) mass is 315 g/mol. The summed E-state index contributed by atoms with van der Waals surface area (Å²) in [7, 11) is 0. The van der Waals surface area contributed by atoms with Gasteiger partial charge in [-0.2, -0.15) is 0 Å². The van der Waals surface area contributed by atoms with Gasteiger partial charge in [-0.05, 0) is 38.8 Å². The zero-order valence-corrected chi connectivity index (χ0v) is 13.4. The molecule has 0 spiro atoms. The van der Waals surface area contributed by atoms with E-state index in [0.29, 0.717) is 25.8 Å². The molecule has 0 saturated heterocycles. The molecule has 0 radical (unpaired) electrons. The van der Waals surface area contributed by atoms with E-state index in [1.54, 1.807) is 0 Å². The van der Waals surface area contributed by atoms with Gasteiger partial charge >= 0.3 is 5.97 Å². The second-order valence-corrected chi connectivity index (χ2v) is 6.37. The SMILES string of the molecule is CC(C)n1c(CCNC(=O)C2(C(=O)O)CC2)nc2ccccc21. The van der Waals surface area contributed by atoms with Gasteiger partial charge in [-0.3, -0.25) is 9.59 Å². The third-order valence-electron chi connectivity index (χ3n) is 4.41. The number of imidazole rings is 1. The molecule has 1 saturated carbocycles. The van der Waals surface area contributed by atoms with Crippen molar-refractivity contribution in [3.05, 3.63) is 30.1 Å². The molecule has 0 atom stereocenters. The maximum Gasteiger partial charge on any atom is 0.319 e. The van der Waals surface area contributed by atoms with Crippen LogP contribution >= 0.6 is 0 Å². The molecule has 1 aliphatic rings. The van der Waals surface area contributed by atoms with Crippen LogP contribution in [-0.4, -0.2) is 33.1 Å². The number of hydrogen-bond acceptors (Lipinski definition) is 3. The van der Waals surface area contributed by atoms with E-state index in [4.69, 9.17) is 5.11 Å². The van der Waals surface area contributed by atoms with Gasteiger partial charge in [0, 0.05) is 19.0 Å². The van der Waals surface area contributed by atoms with Crippen molar-refractivity contribution in [1.29, 1.82) is 0 Å². The maximum atomic E-state index is 12.0. The third-order valence-corrected chi connectivity index (χ3v) is 4.41. The highest BCUT2D eigenvalue weighted by molar-refractivity contribution is 6.04. The van der Waals surface area contributed by atoms with E-state index in [9.17, 15) is 9.59 Å². The van der Waals surface area contributed by atoms with Gasteiger partial charge in [0.15, 0.2) is 0 Å². The summed E-state index contributed by atoms with van der Waals surface area (Å²) in [6, 6.07) is 8.21. The summed E-state index contributed by atoms with van der Waals surface area (Å²) in [5, 5.41) is 11.9. The Labute approximate surface area is 134 Å². The minimum Gasteiger partial charge on any atom is -0.480 e. The van der Waals surface area contributed by atoms with Crippen LogP contribution < -0.4 is 5.32 Å². The summed E-state index contributed by atoms with van der Waals surface area (Å²) in [5.74, 6) is -0.497. The standard InChI is InChI=1S/C17H21N3O3/c1-11(2)20-13-6-4-3-5-12(13)19-14(20)7-10-18-15(21)17(8-9-17)16(22)23/h3-6,11H,7-10H2,1-2H3,(H,18,21)(H,22,23). The summed E-state index contributed by atoms with van der Waals surface area (Å²) in [4.78, 5) is 27.8. The number of fused-ring (bicyclic) bond motifs is 1. The summed E-state index contributed by atoms with van der Waals surface area (Å²) in [6.07, 6.45) is 1.44. The van der Waals surface area contributed by atoms with Crippen molar-refractivity contribution in [1.82, 2.24) is 14.9 Å². The summed E-state index contributed by atoms with van der Waals surface area (Å²) in [5.41, 5.74) is 0.831. The van der Waals surface area contributed by atoms with E-state index in [-0.39, 0.29) is 11.9 Å². The van der Waals surface area contributed by atoms with Crippen LogP contribution in [0.25, 0.3) is 11.0 Å². The Kier molecular flexibility index (Phi) is 3.83. The predicted molar refractivity (Wildman–Crippen MR) is 86.1 cm³/mol. The summed E-state index contributed by atoms with van der Waals surface area (Å²) in [6.45, 7) is 4.59. The van der Waals surface area contributed by atoms with Crippen molar-refractivity contribution in [2.45, 2.75) is 39.2 Å². The zero-order valence-electron chi connectivity index (χ0n) is 13.4. The smallest absolute Gasteiger partial charge is 0.319 e. The number of hydrogen-bond donors (Lipinski definition) is 2. The Bertz CT molecular complexity index is 760. The molecule has 1 amide bonds. The molecule has 1 aromatic heterocycles. The molecule has 0 aliphatic heterocycles. The maximum absolute atomic E-state index is 12.0. The number of rotatable bonds is 6. The van der Waals surface area contributed by atoms with Crippen LogP contribution in [0.1, 0.15) is 38.6 Å². The molecule has 1 heterocycles. The van der Waals surface area contributed by atoms with E-state index >= 15 is 0 Å². The number of para-hydroxylation sites is 2. The molecule has 6 heteroatoms. The lowest BCUT2D eigenvalue weighted by molar-refractivity contribution is -0.149. The number of carbonyl (C=O) groups is 2. The molecule has 6 nitrogen and oxygen atoms in total. The average Bonchev–Trinajstić information content (AvgIpc) is 3.23. The van der Waals surface area contributed by atoms with Gasteiger partial charge in [0.05, 0.1) is 11.0 Å². The molecule has 0 bridgehead atoms. The number of aliphatic carboxylic acids is 1. The number of benzene rings is 1. The molecule has 23 heavy (non-hydrogen) atoms. The molecule has 122 valence electrons. The third kappa shape index (κ3) is 2.69. The van der Waals surface area contributed by atoms with E-state index in [1.165, 1.54) is 0 Å². The highest BCUT2D eigenvalue weighted by Gasteiger charge is 2.56. The van der Waals surface area contributed by atoms with Crippen molar-refractivity contribution in [2.75, 3.05) is 6.54 Å². The van der Waals surface area contributed by atoms with Crippen molar-refractivity contribution in [2.24, 2.45) is 5.41 Å². The van der Waals surface area contributed by atoms with Gasteiger partial charge in [0.2, 0.25) is 5.91 Å². The average molecular weight is 315 g/mol. The number of amides is 1. The lowest BCUT2D eigenvalue weighted by atomic mass is 10.1. The van der Waals surface area contributed by atoms with Crippen LogP contribution in [0, 0.1) is 5.41 Å². The number of carbonyl (C=O) groups excluding carboxylic acids is 1. The zero-order chi connectivity index (χ0) is 16.6. The lowest BCUT2D eigenvalue weighted by Crippen LogP contribution is -2.38. The molecule has 2 N–H and O–H groups in total. The normalized spacial score (nSPS) is 15.8. The Morgan fingerprint density at radius 3 is 2.65 bits per heavy atom. The van der Waals surface area contributed by atoms with Crippen LogP contribution in [0.2, 0.25) is 0 Å². The fourth-order valence-electron chi connectivity index (χ4n) is 2.97. The number of carboxylic acid groups (broad SMARTS) is 1. The molecular weight excluding hydrogens is 294 g/mol. The van der Waals surface area contributed by atoms with E-state index in [1.807, 2.05) is 24.3 Å². The largest absolute Gasteiger partial charge is 0.480 e. The van der Waals surface area contributed by atoms with E-state index in [2.05, 4.69) is 28.7 Å². The topological polar surface area (TPSA) is 84.2 Å². The van der Waals surface area contributed by atoms with Gasteiger partial charge in [0.1, 0.15) is 11.2 Å². The molecule has 3 rings (SSSR count). The first-order valence-corrected chi connectivity index (χ1v) is 7.93. The molecule has 1 fully saturated rings. The predicted octanol–water partition coefficient (Wildman–Crippen LogP) is 2.14. The molecule has 2 aromatic rings. The summed E-state index contributed by atoms with van der Waals surface area (Å²) >= 11 is 0.